The Kier molecular flexibility index (Phi) is 7.66. The monoisotopic (exact) mass is 552 g/mol. The maximum absolute atomic E-state index is 13.0. The number of hydrogen-bond donors (Lipinski definition) is 1. The average Bonchev–Trinajstić information content (AvgIpc) is 3.17. The van der Waals surface area contributed by atoms with E-state index >= 15 is 0 Å². The van der Waals surface area contributed by atoms with Gasteiger partial charge in [-0.2, -0.15) is 0 Å². The standard InChI is InChI=1S/C33H32N2O6/c1-4-29(36)39-20-18-34-31(38)40-21-19-35-27-13-9-8-12-26(27)32(2,3)33(35)17-16-24-22-25(14-15-28(24)41-33)30(37)23-10-6-5-7-11-23/h4-17,22H,1,18-21H2,2-3H3,(H,34,38). The molecule has 0 fully saturated rings. The fourth-order valence-corrected chi connectivity index (χ4v) is 5.43. The zero-order valence-corrected chi connectivity index (χ0v) is 23.1. The molecule has 41 heavy (non-hydrogen) atoms. The van der Waals surface area contributed by atoms with E-state index in [0.29, 0.717) is 23.4 Å². The van der Waals surface area contributed by atoms with Gasteiger partial charge < -0.3 is 24.4 Å². The van der Waals surface area contributed by atoms with Crippen LogP contribution in [0.15, 0.2) is 91.5 Å². The Hall–Kier alpha value is -4.85. The van der Waals surface area contributed by atoms with Gasteiger partial charge in [-0.25, -0.2) is 9.59 Å². The first-order chi connectivity index (χ1) is 19.8. The van der Waals surface area contributed by atoms with E-state index in [0.717, 1.165) is 22.9 Å². The number of carbonyl (C=O) groups is 3. The smallest absolute Gasteiger partial charge is 0.407 e. The van der Waals surface area contributed by atoms with Crippen molar-refractivity contribution in [3.63, 3.8) is 0 Å². The molecule has 1 N–H and O–H groups in total. The Morgan fingerprint density at radius 1 is 0.951 bits per heavy atom. The molecule has 3 aromatic carbocycles. The number of para-hydroxylation sites is 1. The number of ketones is 1. The highest BCUT2D eigenvalue weighted by Crippen LogP contribution is 2.54. The van der Waals surface area contributed by atoms with Crippen molar-refractivity contribution in [1.82, 2.24) is 5.32 Å². The summed E-state index contributed by atoms with van der Waals surface area (Å²) >= 11 is 0. The Morgan fingerprint density at radius 3 is 2.49 bits per heavy atom. The fraction of sp³-hybridized carbons (Fsp3) is 0.242. The molecule has 0 bridgehead atoms. The zero-order chi connectivity index (χ0) is 29.0. The highest BCUT2D eigenvalue weighted by Gasteiger charge is 2.58. The van der Waals surface area contributed by atoms with Gasteiger partial charge in [-0.15, -0.1) is 0 Å². The molecule has 210 valence electrons. The predicted molar refractivity (Wildman–Crippen MR) is 156 cm³/mol. The van der Waals surface area contributed by atoms with Crippen LogP contribution in [0.1, 0.15) is 40.9 Å². The van der Waals surface area contributed by atoms with E-state index < -0.39 is 23.2 Å². The van der Waals surface area contributed by atoms with Gasteiger partial charge in [0.25, 0.3) is 0 Å². The summed E-state index contributed by atoms with van der Waals surface area (Å²) in [4.78, 5) is 38.5. The van der Waals surface area contributed by atoms with E-state index in [1.807, 2.05) is 60.7 Å². The van der Waals surface area contributed by atoms with Crippen molar-refractivity contribution >= 4 is 29.6 Å². The SMILES string of the molecule is C=CC(=O)OCCNC(=O)OCCN1c2ccccc2C(C)(C)C12C=Cc1cc(C(=O)c3ccccc3)ccc1O2. The van der Waals surface area contributed by atoms with Gasteiger partial charge in [-0.3, -0.25) is 4.79 Å². The van der Waals surface area contributed by atoms with Crippen molar-refractivity contribution in [2.24, 2.45) is 0 Å². The van der Waals surface area contributed by atoms with Gasteiger partial charge in [0.15, 0.2) is 5.78 Å². The summed E-state index contributed by atoms with van der Waals surface area (Å²) < 4.78 is 17.1. The largest absolute Gasteiger partial charge is 0.463 e. The van der Waals surface area contributed by atoms with Crippen molar-refractivity contribution in [2.75, 3.05) is 31.2 Å². The van der Waals surface area contributed by atoms with E-state index in [-0.39, 0.29) is 25.5 Å². The van der Waals surface area contributed by atoms with Crippen molar-refractivity contribution < 1.29 is 28.6 Å². The number of ether oxygens (including phenoxy) is 3. The summed E-state index contributed by atoms with van der Waals surface area (Å²) in [7, 11) is 0. The number of anilines is 1. The first-order valence-electron chi connectivity index (χ1n) is 13.5. The first-order valence-corrected chi connectivity index (χ1v) is 13.5. The Balaban J connectivity index is 1.34. The fourth-order valence-electron chi connectivity index (χ4n) is 5.43. The maximum Gasteiger partial charge on any atom is 0.407 e. The van der Waals surface area contributed by atoms with Crippen LogP contribution >= 0.6 is 0 Å². The number of esters is 1. The van der Waals surface area contributed by atoms with E-state index in [9.17, 15) is 14.4 Å². The molecule has 1 spiro atoms. The lowest BCUT2D eigenvalue weighted by atomic mass is 9.76. The van der Waals surface area contributed by atoms with E-state index in [1.165, 1.54) is 0 Å². The second-order valence-electron chi connectivity index (χ2n) is 10.3. The third-order valence-electron chi connectivity index (χ3n) is 7.56. The van der Waals surface area contributed by atoms with Gasteiger partial charge in [0.2, 0.25) is 5.72 Å². The number of nitrogens with zero attached hydrogens (tertiary/aromatic N) is 1. The molecule has 2 aliphatic heterocycles. The summed E-state index contributed by atoms with van der Waals surface area (Å²) in [6.45, 7) is 8.20. The number of rotatable bonds is 9. The zero-order valence-electron chi connectivity index (χ0n) is 23.1. The Bertz CT molecular complexity index is 1510. The molecule has 1 amide bonds. The van der Waals surface area contributed by atoms with Crippen LogP contribution in [0.25, 0.3) is 6.08 Å². The molecule has 0 aromatic heterocycles. The molecule has 3 aromatic rings. The van der Waals surface area contributed by atoms with Gasteiger partial charge in [0, 0.05) is 28.5 Å². The summed E-state index contributed by atoms with van der Waals surface area (Å²) in [6.07, 6.45) is 4.48. The molecule has 0 aliphatic carbocycles. The minimum atomic E-state index is -0.895. The van der Waals surface area contributed by atoms with E-state index in [2.05, 4.69) is 36.7 Å². The van der Waals surface area contributed by atoms with Crippen molar-refractivity contribution in [3.05, 3.63) is 114 Å². The third kappa shape index (κ3) is 5.20. The van der Waals surface area contributed by atoms with Crippen LogP contribution in [-0.2, 0) is 19.7 Å². The number of nitrogens with one attached hydrogen (secondary N) is 1. The van der Waals surface area contributed by atoms with Gasteiger partial charge in [-0.05, 0) is 55.8 Å². The molecule has 1 unspecified atom stereocenters. The lowest BCUT2D eigenvalue weighted by Gasteiger charge is -2.47. The van der Waals surface area contributed by atoms with Crippen LogP contribution in [0.5, 0.6) is 5.75 Å². The molecule has 8 nitrogen and oxygen atoms in total. The number of hydrogen-bond acceptors (Lipinski definition) is 7. The molecular weight excluding hydrogens is 520 g/mol. The summed E-state index contributed by atoms with van der Waals surface area (Å²) in [5.74, 6) is 0.0595. The van der Waals surface area contributed by atoms with Crippen LogP contribution in [-0.4, -0.2) is 49.9 Å². The van der Waals surface area contributed by atoms with Gasteiger partial charge >= 0.3 is 12.1 Å². The minimum absolute atomic E-state index is 0.0213. The quantitative estimate of drug-likeness (QED) is 0.167. The summed E-state index contributed by atoms with van der Waals surface area (Å²) in [5.41, 5.74) is 2.77. The molecule has 1 atom stereocenters. The molecular formula is C33H32N2O6. The normalized spacial score (nSPS) is 17.7. The van der Waals surface area contributed by atoms with Crippen LogP contribution < -0.4 is 15.0 Å². The van der Waals surface area contributed by atoms with Crippen LogP contribution in [0, 0.1) is 0 Å². The first kappa shape index (κ1) is 27.7. The number of benzene rings is 3. The van der Waals surface area contributed by atoms with Crippen molar-refractivity contribution in [2.45, 2.75) is 25.0 Å². The van der Waals surface area contributed by atoms with Crippen molar-refractivity contribution in [3.8, 4) is 5.75 Å². The van der Waals surface area contributed by atoms with E-state index in [1.54, 1.807) is 18.2 Å². The highest BCUT2D eigenvalue weighted by molar-refractivity contribution is 6.09. The molecule has 0 radical (unpaired) electrons. The number of carbonyl (C=O) groups excluding carboxylic acids is 3. The number of alkyl carbamates (subject to hydrolysis) is 1. The molecule has 2 aliphatic rings. The topological polar surface area (TPSA) is 94.2 Å². The summed E-state index contributed by atoms with van der Waals surface area (Å²) in [6, 6.07) is 22.8. The highest BCUT2D eigenvalue weighted by atomic mass is 16.6. The lowest BCUT2D eigenvalue weighted by molar-refractivity contribution is -0.137. The number of fused-ring (bicyclic) bond motifs is 2. The van der Waals surface area contributed by atoms with Crippen LogP contribution in [0.4, 0.5) is 10.5 Å². The summed E-state index contributed by atoms with van der Waals surface area (Å²) in [5, 5.41) is 2.57. The molecule has 5 rings (SSSR count). The molecule has 0 saturated heterocycles. The second kappa shape index (κ2) is 11.3. The number of amides is 1. The van der Waals surface area contributed by atoms with Crippen LogP contribution in [0.2, 0.25) is 0 Å². The third-order valence-corrected chi connectivity index (χ3v) is 7.56. The average molecular weight is 553 g/mol. The maximum atomic E-state index is 13.0. The van der Waals surface area contributed by atoms with Crippen LogP contribution in [0.3, 0.4) is 0 Å². The Labute approximate surface area is 239 Å². The predicted octanol–water partition coefficient (Wildman–Crippen LogP) is 5.27. The second-order valence-corrected chi connectivity index (χ2v) is 10.3. The molecule has 0 saturated carbocycles. The van der Waals surface area contributed by atoms with Gasteiger partial charge in [-0.1, -0.05) is 55.1 Å². The lowest BCUT2D eigenvalue weighted by Crippen LogP contribution is -2.60. The molecule has 2 heterocycles. The molecule has 8 heteroatoms. The van der Waals surface area contributed by atoms with E-state index in [4.69, 9.17) is 14.2 Å². The minimum Gasteiger partial charge on any atom is -0.463 e. The van der Waals surface area contributed by atoms with Gasteiger partial charge in [0.05, 0.1) is 18.5 Å². The van der Waals surface area contributed by atoms with Gasteiger partial charge in [0.1, 0.15) is 19.0 Å². The Morgan fingerprint density at radius 2 is 1.71 bits per heavy atom. The van der Waals surface area contributed by atoms with Crippen molar-refractivity contribution in [1.29, 1.82) is 0 Å².